The SMILES string of the molecule is [N-]=[N+]=NCc1cccc(CCc2csc(N)n2)c1. The topological polar surface area (TPSA) is 87.7 Å². The first-order valence-electron chi connectivity index (χ1n) is 5.56. The summed E-state index contributed by atoms with van der Waals surface area (Å²) in [5.41, 5.74) is 17.1. The van der Waals surface area contributed by atoms with Crippen LogP contribution in [0.15, 0.2) is 34.8 Å². The van der Waals surface area contributed by atoms with Crippen molar-refractivity contribution in [1.29, 1.82) is 0 Å². The van der Waals surface area contributed by atoms with Crippen molar-refractivity contribution < 1.29 is 0 Å². The van der Waals surface area contributed by atoms with E-state index in [4.69, 9.17) is 11.3 Å². The van der Waals surface area contributed by atoms with E-state index in [-0.39, 0.29) is 0 Å². The summed E-state index contributed by atoms with van der Waals surface area (Å²) >= 11 is 1.47. The van der Waals surface area contributed by atoms with Crippen molar-refractivity contribution in [3.63, 3.8) is 0 Å². The zero-order valence-electron chi connectivity index (χ0n) is 9.78. The molecule has 0 saturated heterocycles. The molecule has 0 saturated carbocycles. The number of benzene rings is 1. The Balaban J connectivity index is 1.98. The van der Waals surface area contributed by atoms with Crippen LogP contribution in [0.2, 0.25) is 0 Å². The number of aryl methyl sites for hydroxylation is 2. The van der Waals surface area contributed by atoms with Gasteiger partial charge >= 0.3 is 0 Å². The van der Waals surface area contributed by atoms with E-state index in [9.17, 15) is 0 Å². The Bertz CT molecular complexity index is 571. The van der Waals surface area contributed by atoms with Crippen LogP contribution < -0.4 is 5.73 Å². The van der Waals surface area contributed by atoms with Gasteiger partial charge in [-0.3, -0.25) is 0 Å². The van der Waals surface area contributed by atoms with Gasteiger partial charge in [0, 0.05) is 10.3 Å². The van der Waals surface area contributed by atoms with Gasteiger partial charge in [0.15, 0.2) is 5.13 Å². The minimum absolute atomic E-state index is 0.397. The molecule has 0 radical (unpaired) electrons. The lowest BCUT2D eigenvalue weighted by Crippen LogP contribution is -1.93. The third-order valence-electron chi connectivity index (χ3n) is 2.55. The highest BCUT2D eigenvalue weighted by atomic mass is 32.1. The Morgan fingerprint density at radius 1 is 1.33 bits per heavy atom. The maximum atomic E-state index is 8.29. The van der Waals surface area contributed by atoms with Crippen LogP contribution in [-0.4, -0.2) is 4.98 Å². The number of hydrogen-bond acceptors (Lipinski definition) is 4. The Labute approximate surface area is 109 Å². The zero-order chi connectivity index (χ0) is 12.8. The van der Waals surface area contributed by atoms with Crippen LogP contribution >= 0.6 is 11.3 Å². The molecule has 0 bridgehead atoms. The molecule has 2 aromatic rings. The number of aromatic nitrogens is 1. The summed E-state index contributed by atoms with van der Waals surface area (Å²) in [6.45, 7) is 0.397. The van der Waals surface area contributed by atoms with Gasteiger partial charge in [-0.1, -0.05) is 29.4 Å². The number of nitrogens with two attached hydrogens (primary N) is 1. The fraction of sp³-hybridized carbons (Fsp3) is 0.250. The highest BCUT2D eigenvalue weighted by Gasteiger charge is 2.01. The summed E-state index contributed by atoms with van der Waals surface area (Å²) in [5.74, 6) is 0. The lowest BCUT2D eigenvalue weighted by molar-refractivity contribution is 0.920. The lowest BCUT2D eigenvalue weighted by Gasteiger charge is -2.02. The van der Waals surface area contributed by atoms with Crippen molar-refractivity contribution in [1.82, 2.24) is 4.98 Å². The molecule has 0 aliphatic carbocycles. The van der Waals surface area contributed by atoms with Gasteiger partial charge in [-0.25, -0.2) is 4.98 Å². The molecule has 0 amide bonds. The third kappa shape index (κ3) is 3.48. The Morgan fingerprint density at radius 3 is 2.89 bits per heavy atom. The summed E-state index contributed by atoms with van der Waals surface area (Å²) < 4.78 is 0. The van der Waals surface area contributed by atoms with E-state index in [1.54, 1.807) is 0 Å². The molecule has 92 valence electrons. The molecule has 0 fully saturated rings. The third-order valence-corrected chi connectivity index (χ3v) is 3.27. The largest absolute Gasteiger partial charge is 0.375 e. The highest BCUT2D eigenvalue weighted by Crippen LogP contribution is 2.14. The maximum absolute atomic E-state index is 8.29. The van der Waals surface area contributed by atoms with Crippen molar-refractivity contribution in [3.8, 4) is 0 Å². The number of hydrogen-bond donors (Lipinski definition) is 1. The molecular formula is C12H13N5S. The first-order valence-corrected chi connectivity index (χ1v) is 6.44. The molecule has 2 rings (SSSR count). The van der Waals surface area contributed by atoms with Gasteiger partial charge in [-0.2, -0.15) is 0 Å². The molecule has 0 aliphatic heterocycles. The van der Waals surface area contributed by atoms with E-state index in [1.165, 1.54) is 16.9 Å². The monoisotopic (exact) mass is 259 g/mol. The van der Waals surface area contributed by atoms with Crippen molar-refractivity contribution in [2.45, 2.75) is 19.4 Å². The molecule has 0 aliphatic rings. The first-order chi connectivity index (χ1) is 8.78. The summed E-state index contributed by atoms with van der Waals surface area (Å²) in [4.78, 5) is 6.99. The quantitative estimate of drug-likeness (QED) is 0.507. The van der Waals surface area contributed by atoms with Crippen molar-refractivity contribution in [2.75, 3.05) is 5.73 Å². The van der Waals surface area contributed by atoms with E-state index in [2.05, 4.69) is 27.1 Å². The van der Waals surface area contributed by atoms with Gasteiger partial charge in [0.1, 0.15) is 0 Å². The summed E-state index contributed by atoms with van der Waals surface area (Å²) in [6.07, 6.45) is 1.78. The van der Waals surface area contributed by atoms with Crippen LogP contribution in [0.1, 0.15) is 16.8 Å². The second-order valence-electron chi connectivity index (χ2n) is 3.89. The molecule has 1 aromatic heterocycles. The number of anilines is 1. The standard InChI is InChI=1S/C12H13N5S/c13-12-16-11(8-18-12)5-4-9-2-1-3-10(6-9)7-15-17-14/h1-3,6,8H,4-5,7H2,(H2,13,16). The molecule has 6 heteroatoms. The minimum atomic E-state index is 0.397. The number of nitrogen functional groups attached to an aromatic ring is 1. The average Bonchev–Trinajstić information content (AvgIpc) is 2.80. The lowest BCUT2D eigenvalue weighted by atomic mass is 10.1. The zero-order valence-corrected chi connectivity index (χ0v) is 10.6. The normalized spacial score (nSPS) is 10.0. The molecular weight excluding hydrogens is 246 g/mol. The van der Waals surface area contributed by atoms with Gasteiger partial charge in [-0.05, 0) is 29.5 Å². The van der Waals surface area contributed by atoms with Crippen LogP contribution in [-0.2, 0) is 19.4 Å². The second kappa shape index (κ2) is 6.05. The number of rotatable bonds is 5. The van der Waals surface area contributed by atoms with E-state index in [0.29, 0.717) is 11.7 Å². The Kier molecular flexibility index (Phi) is 4.17. The van der Waals surface area contributed by atoms with Gasteiger partial charge in [0.25, 0.3) is 0 Å². The van der Waals surface area contributed by atoms with E-state index < -0.39 is 0 Å². The van der Waals surface area contributed by atoms with Crippen LogP contribution in [0.5, 0.6) is 0 Å². The predicted octanol–water partition coefficient (Wildman–Crippen LogP) is 3.32. The van der Waals surface area contributed by atoms with Crippen molar-refractivity contribution >= 4 is 16.5 Å². The van der Waals surface area contributed by atoms with E-state index in [1.807, 2.05) is 17.5 Å². The first kappa shape index (κ1) is 12.4. The number of nitrogens with zero attached hydrogens (tertiary/aromatic N) is 4. The minimum Gasteiger partial charge on any atom is -0.375 e. The fourth-order valence-corrected chi connectivity index (χ4v) is 2.30. The second-order valence-corrected chi connectivity index (χ2v) is 4.78. The van der Waals surface area contributed by atoms with Gasteiger partial charge < -0.3 is 5.73 Å². The smallest absolute Gasteiger partial charge is 0.180 e. The predicted molar refractivity (Wildman–Crippen MR) is 73.2 cm³/mol. The Hall–Kier alpha value is -2.04. The van der Waals surface area contributed by atoms with Crippen LogP contribution in [0, 0.1) is 0 Å². The van der Waals surface area contributed by atoms with E-state index in [0.717, 1.165) is 24.1 Å². The maximum Gasteiger partial charge on any atom is 0.180 e. The van der Waals surface area contributed by atoms with Gasteiger partial charge in [0.2, 0.25) is 0 Å². The number of azide groups is 1. The van der Waals surface area contributed by atoms with E-state index >= 15 is 0 Å². The molecule has 0 unspecified atom stereocenters. The van der Waals surface area contributed by atoms with Crippen LogP contribution in [0.4, 0.5) is 5.13 Å². The van der Waals surface area contributed by atoms with Gasteiger partial charge in [-0.15, -0.1) is 11.3 Å². The van der Waals surface area contributed by atoms with Crippen LogP contribution in [0.25, 0.3) is 10.4 Å². The van der Waals surface area contributed by atoms with Gasteiger partial charge in [0.05, 0.1) is 12.2 Å². The van der Waals surface area contributed by atoms with Crippen molar-refractivity contribution in [3.05, 3.63) is 56.9 Å². The summed E-state index contributed by atoms with van der Waals surface area (Å²) in [5, 5.41) is 6.16. The highest BCUT2D eigenvalue weighted by molar-refractivity contribution is 7.13. The molecule has 1 aromatic carbocycles. The molecule has 2 N–H and O–H groups in total. The van der Waals surface area contributed by atoms with Crippen LogP contribution in [0.3, 0.4) is 0 Å². The molecule has 0 atom stereocenters. The Morgan fingerprint density at radius 2 is 2.17 bits per heavy atom. The molecule has 0 spiro atoms. The van der Waals surface area contributed by atoms with Crippen molar-refractivity contribution in [2.24, 2.45) is 5.11 Å². The summed E-state index contributed by atoms with van der Waals surface area (Å²) in [7, 11) is 0. The molecule has 5 nitrogen and oxygen atoms in total. The molecule has 18 heavy (non-hydrogen) atoms. The molecule has 1 heterocycles. The fourth-order valence-electron chi connectivity index (χ4n) is 1.71. The average molecular weight is 259 g/mol. The number of thiazole rings is 1. The summed E-state index contributed by atoms with van der Waals surface area (Å²) in [6, 6.07) is 8.06.